The zero-order chi connectivity index (χ0) is 19.9. The molecule has 8 heteroatoms. The van der Waals surface area contributed by atoms with Crippen LogP contribution in [0.4, 0.5) is 0 Å². The van der Waals surface area contributed by atoms with Crippen molar-refractivity contribution in [3.05, 3.63) is 68.2 Å². The molecule has 1 aliphatic heterocycles. The van der Waals surface area contributed by atoms with Crippen molar-refractivity contribution in [3.8, 4) is 0 Å². The van der Waals surface area contributed by atoms with E-state index in [-0.39, 0.29) is 29.2 Å². The SMILES string of the molecule is Cc1ccc2oc(C(=O)N(Cc3cccs3)[C@H]3CCS(=O)(=O)C3)cc(=O)c2c1. The van der Waals surface area contributed by atoms with Crippen molar-refractivity contribution in [2.45, 2.75) is 25.9 Å². The number of hydrogen-bond acceptors (Lipinski definition) is 6. The lowest BCUT2D eigenvalue weighted by Gasteiger charge is -2.27. The number of sulfone groups is 1. The lowest BCUT2D eigenvalue weighted by atomic mass is 10.1. The highest BCUT2D eigenvalue weighted by molar-refractivity contribution is 7.91. The Morgan fingerprint density at radius 1 is 1.29 bits per heavy atom. The Morgan fingerprint density at radius 3 is 2.79 bits per heavy atom. The van der Waals surface area contributed by atoms with Gasteiger partial charge in [-0.1, -0.05) is 17.7 Å². The largest absolute Gasteiger partial charge is 0.451 e. The summed E-state index contributed by atoms with van der Waals surface area (Å²) in [6.45, 7) is 2.16. The number of hydrogen-bond donors (Lipinski definition) is 0. The third-order valence-electron chi connectivity index (χ3n) is 4.91. The predicted octanol–water partition coefficient (Wildman–Crippen LogP) is 2.99. The monoisotopic (exact) mass is 417 g/mol. The van der Waals surface area contributed by atoms with Crippen LogP contribution in [0.25, 0.3) is 11.0 Å². The molecule has 0 aliphatic carbocycles. The summed E-state index contributed by atoms with van der Waals surface area (Å²) >= 11 is 1.49. The summed E-state index contributed by atoms with van der Waals surface area (Å²) in [5, 5.41) is 2.33. The van der Waals surface area contributed by atoms with E-state index in [1.54, 1.807) is 12.1 Å². The summed E-state index contributed by atoms with van der Waals surface area (Å²) < 4.78 is 29.7. The molecule has 28 heavy (non-hydrogen) atoms. The Balaban J connectivity index is 1.73. The molecule has 1 fully saturated rings. The summed E-state index contributed by atoms with van der Waals surface area (Å²) in [6.07, 6.45) is 0.385. The molecule has 0 unspecified atom stereocenters. The van der Waals surface area contributed by atoms with Gasteiger partial charge in [-0.05, 0) is 36.9 Å². The summed E-state index contributed by atoms with van der Waals surface area (Å²) in [4.78, 5) is 28.2. The molecule has 1 aromatic carbocycles. The van der Waals surface area contributed by atoms with Crippen LogP contribution in [0.15, 0.2) is 51.0 Å². The minimum Gasteiger partial charge on any atom is -0.451 e. The first-order valence-corrected chi connectivity index (χ1v) is 11.6. The standard InChI is InChI=1S/C20H19NO5S2/c1-13-4-5-18-16(9-13)17(22)10-19(26-18)20(23)21(11-15-3-2-7-27-15)14-6-8-28(24,25)12-14/h2-5,7,9-10,14H,6,8,11-12H2,1H3/t14-/m0/s1. The van der Waals surface area contributed by atoms with E-state index in [0.29, 0.717) is 17.4 Å². The molecule has 1 amide bonds. The Labute approximate surface area is 166 Å². The van der Waals surface area contributed by atoms with Gasteiger partial charge in [-0.2, -0.15) is 0 Å². The van der Waals surface area contributed by atoms with Crippen molar-refractivity contribution >= 4 is 38.1 Å². The van der Waals surface area contributed by atoms with E-state index in [0.717, 1.165) is 10.4 Å². The number of rotatable bonds is 4. The van der Waals surface area contributed by atoms with E-state index in [1.807, 2.05) is 30.5 Å². The van der Waals surface area contributed by atoms with Crippen molar-refractivity contribution in [2.24, 2.45) is 0 Å². The van der Waals surface area contributed by atoms with Gasteiger partial charge >= 0.3 is 0 Å². The number of carbonyl (C=O) groups is 1. The van der Waals surface area contributed by atoms with Crippen LogP contribution < -0.4 is 5.43 Å². The van der Waals surface area contributed by atoms with E-state index < -0.39 is 21.8 Å². The second-order valence-electron chi connectivity index (χ2n) is 7.04. The average molecular weight is 418 g/mol. The van der Waals surface area contributed by atoms with Crippen molar-refractivity contribution in [2.75, 3.05) is 11.5 Å². The third-order valence-corrected chi connectivity index (χ3v) is 7.52. The van der Waals surface area contributed by atoms with Crippen molar-refractivity contribution in [3.63, 3.8) is 0 Å². The number of fused-ring (bicyclic) bond motifs is 1. The van der Waals surface area contributed by atoms with Gasteiger partial charge in [-0.15, -0.1) is 11.3 Å². The number of thiophene rings is 1. The highest BCUT2D eigenvalue weighted by atomic mass is 32.2. The molecule has 0 bridgehead atoms. The van der Waals surface area contributed by atoms with E-state index >= 15 is 0 Å². The molecule has 0 spiro atoms. The average Bonchev–Trinajstić information content (AvgIpc) is 3.28. The van der Waals surface area contributed by atoms with Gasteiger partial charge < -0.3 is 9.32 Å². The lowest BCUT2D eigenvalue weighted by molar-refractivity contribution is 0.0651. The molecule has 0 radical (unpaired) electrons. The number of amides is 1. The Bertz CT molecular complexity index is 1200. The van der Waals surface area contributed by atoms with Crippen LogP contribution in [0.1, 0.15) is 27.4 Å². The second-order valence-corrected chi connectivity index (χ2v) is 10.3. The molecule has 146 valence electrons. The Morgan fingerprint density at radius 2 is 2.11 bits per heavy atom. The van der Waals surface area contributed by atoms with E-state index in [2.05, 4.69) is 0 Å². The quantitative estimate of drug-likeness (QED) is 0.652. The van der Waals surface area contributed by atoms with Gasteiger partial charge in [0.25, 0.3) is 5.91 Å². The summed E-state index contributed by atoms with van der Waals surface area (Å²) in [6, 6.07) is 9.76. The van der Waals surface area contributed by atoms with Crippen LogP contribution in [0.5, 0.6) is 0 Å². The third kappa shape index (κ3) is 3.74. The maximum Gasteiger partial charge on any atom is 0.290 e. The fraction of sp³-hybridized carbons (Fsp3) is 0.300. The zero-order valence-corrected chi connectivity index (χ0v) is 16.9. The topological polar surface area (TPSA) is 84.7 Å². The van der Waals surface area contributed by atoms with Crippen LogP contribution >= 0.6 is 11.3 Å². The van der Waals surface area contributed by atoms with Gasteiger partial charge in [0.1, 0.15) is 5.58 Å². The molecule has 1 saturated heterocycles. The van der Waals surface area contributed by atoms with Gasteiger partial charge in [0, 0.05) is 17.0 Å². The van der Waals surface area contributed by atoms with Gasteiger partial charge in [0.15, 0.2) is 21.0 Å². The van der Waals surface area contributed by atoms with E-state index in [1.165, 1.54) is 22.3 Å². The molecule has 0 N–H and O–H groups in total. The lowest BCUT2D eigenvalue weighted by Crippen LogP contribution is -2.40. The zero-order valence-electron chi connectivity index (χ0n) is 15.3. The molecular formula is C20H19NO5S2. The second kappa shape index (κ2) is 7.18. The predicted molar refractivity (Wildman–Crippen MR) is 108 cm³/mol. The molecule has 1 aliphatic rings. The highest BCUT2D eigenvalue weighted by Crippen LogP contribution is 2.24. The van der Waals surface area contributed by atoms with Gasteiger partial charge in [0.2, 0.25) is 0 Å². The fourth-order valence-electron chi connectivity index (χ4n) is 3.48. The smallest absolute Gasteiger partial charge is 0.290 e. The van der Waals surface area contributed by atoms with Crippen molar-refractivity contribution in [1.82, 2.24) is 4.90 Å². The molecule has 4 rings (SSSR count). The van der Waals surface area contributed by atoms with Crippen LogP contribution in [0, 0.1) is 6.92 Å². The molecule has 2 aromatic heterocycles. The first-order valence-electron chi connectivity index (χ1n) is 8.91. The molecule has 0 saturated carbocycles. The molecule has 3 heterocycles. The maximum atomic E-state index is 13.2. The Hall–Kier alpha value is -2.45. The van der Waals surface area contributed by atoms with E-state index in [4.69, 9.17) is 4.42 Å². The van der Waals surface area contributed by atoms with Gasteiger partial charge in [0.05, 0.1) is 23.4 Å². The summed E-state index contributed by atoms with van der Waals surface area (Å²) in [5.74, 6) is -0.536. The molecule has 3 aromatic rings. The summed E-state index contributed by atoms with van der Waals surface area (Å²) in [7, 11) is -3.17. The number of nitrogens with zero attached hydrogens (tertiary/aromatic N) is 1. The summed E-state index contributed by atoms with van der Waals surface area (Å²) in [5.41, 5.74) is 0.981. The fourth-order valence-corrected chi connectivity index (χ4v) is 5.91. The van der Waals surface area contributed by atoms with Crippen molar-refractivity contribution in [1.29, 1.82) is 0 Å². The number of benzene rings is 1. The molecule has 1 atom stereocenters. The van der Waals surface area contributed by atoms with E-state index in [9.17, 15) is 18.0 Å². The number of aryl methyl sites for hydroxylation is 1. The van der Waals surface area contributed by atoms with Crippen LogP contribution in [0.3, 0.4) is 0 Å². The number of carbonyl (C=O) groups excluding carboxylic acids is 1. The minimum atomic E-state index is -3.17. The normalized spacial score (nSPS) is 18.4. The molecule has 6 nitrogen and oxygen atoms in total. The van der Waals surface area contributed by atoms with Gasteiger partial charge in [-0.3, -0.25) is 9.59 Å². The maximum absolute atomic E-state index is 13.2. The van der Waals surface area contributed by atoms with Crippen LogP contribution in [0.2, 0.25) is 0 Å². The first-order chi connectivity index (χ1) is 13.3. The minimum absolute atomic E-state index is 0.0623. The van der Waals surface area contributed by atoms with Crippen molar-refractivity contribution < 1.29 is 17.6 Å². The first kappa shape index (κ1) is 18.9. The molecular weight excluding hydrogens is 398 g/mol. The highest BCUT2D eigenvalue weighted by Gasteiger charge is 2.36. The van der Waals surface area contributed by atoms with Crippen LogP contribution in [-0.2, 0) is 16.4 Å². The van der Waals surface area contributed by atoms with Gasteiger partial charge in [-0.25, -0.2) is 8.42 Å². The van der Waals surface area contributed by atoms with Crippen LogP contribution in [-0.4, -0.2) is 36.8 Å². The Kier molecular flexibility index (Phi) is 4.84.